The van der Waals surface area contributed by atoms with Gasteiger partial charge in [-0.2, -0.15) is 0 Å². The second-order valence-corrected chi connectivity index (χ2v) is 26.9. The third-order valence-electron chi connectivity index (χ3n) is 19.2. The van der Waals surface area contributed by atoms with E-state index in [1.54, 1.807) is 31.2 Å². The lowest BCUT2D eigenvalue weighted by atomic mass is 9.95. The number of methoxy groups -OCH3 is 1. The largest absolute Gasteiger partial charge is 0.497 e. The summed E-state index contributed by atoms with van der Waals surface area (Å²) in [7, 11) is 1.47. The van der Waals surface area contributed by atoms with Crippen molar-refractivity contribution in [2.45, 2.75) is 184 Å². The molecule has 4 aliphatic heterocycles. The van der Waals surface area contributed by atoms with E-state index in [9.17, 15) is 47.9 Å². The fourth-order valence-corrected chi connectivity index (χ4v) is 13.4. The highest BCUT2D eigenvalue weighted by molar-refractivity contribution is 6.00. The molecule has 0 radical (unpaired) electrons. The second kappa shape index (κ2) is 35.0. The Kier molecular flexibility index (Phi) is 26.1. The van der Waals surface area contributed by atoms with Gasteiger partial charge in [-0.3, -0.25) is 52.7 Å². The average Bonchev–Trinajstić information content (AvgIpc) is 1.69. The molecule has 2 bridgehead atoms. The Hall–Kier alpha value is -10.4. The number of aliphatic hydroxyl groups excluding tert-OH is 1. The number of H-pyrrole nitrogens is 2. The maximum atomic E-state index is 16.2. The number of alkyl halides is 1. The maximum absolute atomic E-state index is 16.2. The Morgan fingerprint density at radius 3 is 1.92 bits per heavy atom. The number of ether oxygens (including phenoxy) is 1. The second-order valence-electron chi connectivity index (χ2n) is 26.9. The molecule has 27 nitrogen and oxygen atoms in total. The van der Waals surface area contributed by atoms with Gasteiger partial charge in [-0.1, -0.05) is 36.4 Å². The van der Waals surface area contributed by atoms with Crippen LogP contribution in [0.1, 0.15) is 113 Å². The summed E-state index contributed by atoms with van der Waals surface area (Å²) in [6, 6.07) is 9.15. The van der Waals surface area contributed by atoms with Crippen molar-refractivity contribution in [1.82, 2.24) is 67.6 Å². The van der Waals surface area contributed by atoms with Crippen molar-refractivity contribution >= 4 is 86.8 Å². The van der Waals surface area contributed by atoms with Crippen LogP contribution in [0.5, 0.6) is 5.75 Å². The minimum atomic E-state index is -1.88. The number of fused-ring (bicyclic) bond motifs is 32. The molecule has 0 aliphatic carbocycles. The van der Waals surface area contributed by atoms with Gasteiger partial charge in [-0.05, 0) is 155 Å². The van der Waals surface area contributed by atoms with Crippen LogP contribution in [-0.2, 0) is 85.0 Å². The first-order valence-corrected chi connectivity index (χ1v) is 34.7. The summed E-state index contributed by atoms with van der Waals surface area (Å²) >= 11 is 0. The number of amides is 11. The van der Waals surface area contributed by atoms with Crippen LogP contribution in [0, 0.1) is 11.6 Å². The van der Waals surface area contributed by atoms with Crippen LogP contribution in [0.4, 0.5) is 13.2 Å². The molecule has 14 N–H and O–H groups in total. The van der Waals surface area contributed by atoms with E-state index in [-0.39, 0.29) is 81.6 Å². The van der Waals surface area contributed by atoms with Crippen LogP contribution in [-0.4, -0.2) is 189 Å². The van der Waals surface area contributed by atoms with Gasteiger partial charge in [0.05, 0.1) is 19.8 Å². The van der Waals surface area contributed by atoms with E-state index in [2.05, 4.69) is 57.8 Å². The molecule has 10 rings (SSSR count). The fraction of sp³-hybridized carbons (Fsp3) is 0.466. The normalized spacial score (nSPS) is 25.0. The number of nitrogens with two attached hydrogens (primary N) is 1. The molecule has 2 fully saturated rings. The molecule has 11 amide bonds. The highest BCUT2D eigenvalue weighted by atomic mass is 19.1. The molecular weight excluding hydrogens is 1340 g/mol. The molecule has 6 heterocycles. The van der Waals surface area contributed by atoms with E-state index in [1.807, 2.05) is 24.3 Å². The van der Waals surface area contributed by atoms with Gasteiger partial charge in [0.1, 0.15) is 77.4 Å². The monoisotopic (exact) mass is 1430 g/mol. The zero-order chi connectivity index (χ0) is 74.2. The summed E-state index contributed by atoms with van der Waals surface area (Å²) in [5.74, 6) is -9.74. The number of aliphatic hydroxyl groups is 1. The summed E-state index contributed by atoms with van der Waals surface area (Å²) in [6.07, 6.45) is -0.422. The number of carbonyl (C=O) groups is 11. The Bertz CT molecular complexity index is 4080. The first-order valence-electron chi connectivity index (χ1n) is 34.7. The van der Waals surface area contributed by atoms with Crippen LogP contribution in [0.2, 0.25) is 0 Å². The van der Waals surface area contributed by atoms with E-state index in [1.165, 1.54) is 81.6 Å². The van der Waals surface area contributed by atoms with Crippen LogP contribution in [0.25, 0.3) is 21.8 Å². The fourth-order valence-electron chi connectivity index (χ4n) is 13.4. The lowest BCUT2D eigenvalue weighted by molar-refractivity contribution is -0.147. The SMILES string of the molecule is COc1ccc(C[C@@H]2NC(=O)[C@H]([C@@H](C)O)NC(=O)[C@@H]3C[C@H](F)CN3C(=O)[C@H](Cc3c[nH]c4ccc(F)cc34)NC(=O)[C@H](Cc3c[nH]c4ccc(F)cc34)NC(=O)[C@@H](C)NC(=O)[C@H](CCCCN)NC(=O)[C@@H](NC(C)=O)CCCC(=O)NCc3ccc(cc3)CCNC(=O)[C@]3(C)CCCN3C2=O)cc1. The number of hydrogen-bond acceptors (Lipinski definition) is 14. The number of unbranched alkanes of at least 4 members (excludes halogenated alkanes) is 1. The van der Waals surface area contributed by atoms with Crippen molar-refractivity contribution in [1.29, 1.82) is 0 Å². The first-order chi connectivity index (χ1) is 49.2. The predicted molar refractivity (Wildman–Crippen MR) is 373 cm³/mol. The smallest absolute Gasteiger partial charge is 0.246 e. The number of rotatable bonds is 13. The topological polar surface area (TPSA) is 390 Å². The van der Waals surface area contributed by atoms with Gasteiger partial charge in [0.15, 0.2) is 0 Å². The van der Waals surface area contributed by atoms with Crippen LogP contribution >= 0.6 is 0 Å². The molecule has 0 spiro atoms. The number of carbonyl (C=O) groups excluding carboxylic acids is 11. The molecule has 4 aromatic carbocycles. The van der Waals surface area contributed by atoms with Gasteiger partial charge in [-0.15, -0.1) is 0 Å². The predicted octanol–water partition coefficient (Wildman–Crippen LogP) is 2.39. The molecule has 11 atom stereocenters. The van der Waals surface area contributed by atoms with Gasteiger partial charge < -0.3 is 83.2 Å². The third kappa shape index (κ3) is 19.8. The van der Waals surface area contributed by atoms with Gasteiger partial charge >= 0.3 is 0 Å². The van der Waals surface area contributed by atoms with Crippen molar-refractivity contribution in [3.63, 3.8) is 0 Å². The van der Waals surface area contributed by atoms with Crippen molar-refractivity contribution < 1.29 is 75.8 Å². The number of benzene rings is 4. The Labute approximate surface area is 593 Å². The van der Waals surface area contributed by atoms with Gasteiger partial charge in [0.2, 0.25) is 65.0 Å². The van der Waals surface area contributed by atoms with E-state index >= 15 is 23.2 Å². The van der Waals surface area contributed by atoms with Crippen molar-refractivity contribution in [2.24, 2.45) is 5.73 Å². The zero-order valence-electron chi connectivity index (χ0n) is 58.2. The molecular formula is C73H91F3N14O13. The van der Waals surface area contributed by atoms with Gasteiger partial charge in [0.25, 0.3) is 0 Å². The molecule has 6 aromatic rings. The zero-order valence-corrected chi connectivity index (χ0v) is 58.2. The van der Waals surface area contributed by atoms with E-state index in [0.717, 1.165) is 16.0 Å². The Morgan fingerprint density at radius 1 is 0.689 bits per heavy atom. The standard InChI is InChI=1S/C73H91F3N14O13/c1-40-64(94)85-58(31-46-37-79-54-23-19-48(74)33-52(46)54)67(97)86-60(32-47-38-80-55-24-20-49(75)34-53(47)55)70(100)89-39-50(76)35-61(89)68(98)88-63(41(2)91)69(99)87-59(30-44-17-21-51(103-5)22-18-44)71(101)90-29-9-26-73(90,4)72(102)78-28-25-43-13-15-45(16-14-43)36-81-62(93)12-8-11-56(83-42(3)92)66(96)84-57(65(95)82-40)10-6-7-27-77/h13-24,33-34,37-38,40-41,50,56-61,63,79-80,91H,6-12,25-32,35-36,39,77H2,1-5H3,(H,78,102)(H,81,93)(H,82,95)(H,83,92)(H,84,96)(H,85,94)(H,86,97)(H,87,99)(H,88,98)/t40-,41-,50+,56+,57+,58+,59+,60+,61+,63+,73+/m1/s1. The van der Waals surface area contributed by atoms with Crippen molar-refractivity contribution in [3.8, 4) is 5.75 Å². The Balaban J connectivity index is 1.05. The number of halogens is 3. The van der Waals surface area contributed by atoms with E-state index in [4.69, 9.17) is 10.5 Å². The molecule has 4 aliphatic rings. The quantitative estimate of drug-likeness (QED) is 0.0584. The van der Waals surface area contributed by atoms with Crippen LogP contribution < -0.4 is 58.3 Å². The number of nitrogens with zero attached hydrogens (tertiary/aromatic N) is 2. The summed E-state index contributed by atoms with van der Waals surface area (Å²) in [4.78, 5) is 167. The van der Waals surface area contributed by atoms with Crippen molar-refractivity contribution in [3.05, 3.63) is 137 Å². The summed E-state index contributed by atoms with van der Waals surface area (Å²) in [6.45, 7) is 5.24. The highest BCUT2D eigenvalue weighted by Gasteiger charge is 2.49. The van der Waals surface area contributed by atoms with Crippen LogP contribution in [0.15, 0.2) is 97.3 Å². The Morgan fingerprint density at radius 2 is 1.29 bits per heavy atom. The number of hydrogen-bond donors (Lipinski definition) is 13. The molecule has 2 aromatic heterocycles. The summed E-state index contributed by atoms with van der Waals surface area (Å²) in [5, 5.41) is 36.2. The highest BCUT2D eigenvalue weighted by Crippen LogP contribution is 2.32. The number of nitrogens with one attached hydrogen (secondary N) is 11. The molecule has 552 valence electrons. The number of aromatic amines is 2. The first kappa shape index (κ1) is 76.8. The summed E-state index contributed by atoms with van der Waals surface area (Å²) in [5.41, 5.74) is 7.96. The summed E-state index contributed by atoms with van der Waals surface area (Å²) < 4.78 is 51.5. The molecule has 0 saturated carbocycles. The molecule has 2 saturated heterocycles. The molecule has 0 unspecified atom stereocenters. The van der Waals surface area contributed by atoms with Gasteiger partial charge in [-0.25, -0.2) is 13.2 Å². The average molecular weight is 1430 g/mol. The molecule has 103 heavy (non-hydrogen) atoms. The minimum absolute atomic E-state index is 0.0165. The van der Waals surface area contributed by atoms with E-state index < -0.39 is 163 Å². The van der Waals surface area contributed by atoms with Gasteiger partial charge in [0, 0.05) is 92.9 Å². The van der Waals surface area contributed by atoms with Crippen LogP contribution in [0.3, 0.4) is 0 Å². The lowest BCUT2D eigenvalue weighted by Crippen LogP contribution is -2.63. The van der Waals surface area contributed by atoms with Crippen molar-refractivity contribution in [2.75, 3.05) is 33.3 Å². The third-order valence-corrected chi connectivity index (χ3v) is 19.2. The van der Waals surface area contributed by atoms with E-state index in [0.29, 0.717) is 59.0 Å². The maximum Gasteiger partial charge on any atom is 0.246 e. The minimum Gasteiger partial charge on any atom is -0.497 e. The number of aromatic nitrogens is 2. The lowest BCUT2D eigenvalue weighted by Gasteiger charge is -2.37. The molecule has 30 heteroatoms.